The molecule has 1 heteroatoms. The molecular weight excluding hydrogens is 182 g/mol. The molecule has 0 radical (unpaired) electrons. The lowest BCUT2D eigenvalue weighted by molar-refractivity contribution is 0.0235. The second-order valence-corrected chi connectivity index (χ2v) is 7.02. The minimum atomic E-state index is 0.815. The van der Waals surface area contributed by atoms with Gasteiger partial charge in [0, 0.05) is 6.54 Å². The number of hydrogen-bond acceptors (Lipinski definition) is 1. The van der Waals surface area contributed by atoms with Gasteiger partial charge >= 0.3 is 0 Å². The summed E-state index contributed by atoms with van der Waals surface area (Å²) in [7, 11) is 2.18. The van der Waals surface area contributed by atoms with Crippen LogP contribution in [0.4, 0.5) is 0 Å². The zero-order chi connectivity index (χ0) is 9.78. The van der Waals surface area contributed by atoms with Gasteiger partial charge in [-0.25, -0.2) is 0 Å². The van der Waals surface area contributed by atoms with E-state index >= 15 is 0 Å². The summed E-state index contributed by atoms with van der Waals surface area (Å²) in [5.41, 5.74) is 0.815. The second kappa shape index (κ2) is 2.16. The van der Waals surface area contributed by atoms with Crippen LogP contribution in [0.3, 0.4) is 0 Å². The van der Waals surface area contributed by atoms with E-state index in [9.17, 15) is 0 Å². The lowest BCUT2D eigenvalue weighted by Gasteiger charge is -2.47. The quantitative estimate of drug-likeness (QED) is 0.725. The largest absolute Gasteiger partial charge is 0.319 e. The standard InChI is InChI=1S/C14H21N/c1-15-6-14-9-4-2-7-11(9)12-8(13(7)14)3-5-10(12)14/h7-13,15H,2-6H2,1H3/t7-,8+,9+,10-,11-,12+,13?,14?. The van der Waals surface area contributed by atoms with E-state index in [1.807, 2.05) is 0 Å². The van der Waals surface area contributed by atoms with Crippen LogP contribution < -0.4 is 5.32 Å². The van der Waals surface area contributed by atoms with Crippen molar-refractivity contribution in [2.24, 2.45) is 46.8 Å². The van der Waals surface area contributed by atoms with E-state index in [0.717, 1.165) is 17.3 Å². The highest BCUT2D eigenvalue weighted by Gasteiger charge is 2.83. The summed E-state index contributed by atoms with van der Waals surface area (Å²) >= 11 is 0. The van der Waals surface area contributed by atoms with Crippen molar-refractivity contribution in [3.63, 3.8) is 0 Å². The van der Waals surface area contributed by atoms with Crippen LogP contribution in [0.25, 0.3) is 0 Å². The fourth-order valence-electron chi connectivity index (χ4n) is 7.88. The normalized spacial score (nSPS) is 71.4. The van der Waals surface area contributed by atoms with E-state index in [-0.39, 0.29) is 0 Å². The Morgan fingerprint density at radius 2 is 1.60 bits per heavy atom. The van der Waals surface area contributed by atoms with Gasteiger partial charge in [-0.2, -0.15) is 0 Å². The van der Waals surface area contributed by atoms with E-state index < -0.39 is 0 Å². The van der Waals surface area contributed by atoms with Crippen LogP contribution in [-0.4, -0.2) is 13.6 Å². The molecule has 2 unspecified atom stereocenters. The van der Waals surface area contributed by atoms with Crippen LogP contribution in [0.2, 0.25) is 0 Å². The Morgan fingerprint density at radius 1 is 1.00 bits per heavy atom. The lowest BCUT2D eigenvalue weighted by Crippen LogP contribution is -2.47. The van der Waals surface area contributed by atoms with Gasteiger partial charge in [-0.1, -0.05) is 0 Å². The van der Waals surface area contributed by atoms with Crippen molar-refractivity contribution in [2.75, 3.05) is 13.6 Å². The molecular formula is C14H21N. The molecule has 82 valence electrons. The highest BCUT2D eigenvalue weighted by molar-refractivity contribution is 5.31. The van der Waals surface area contributed by atoms with Crippen LogP contribution in [0.5, 0.6) is 0 Å². The first kappa shape index (κ1) is 8.11. The molecule has 0 saturated heterocycles. The first-order valence-electron chi connectivity index (χ1n) is 7.04. The Labute approximate surface area is 92.0 Å². The van der Waals surface area contributed by atoms with Gasteiger partial charge in [0.1, 0.15) is 0 Å². The van der Waals surface area contributed by atoms with Crippen LogP contribution in [0.1, 0.15) is 25.7 Å². The van der Waals surface area contributed by atoms with Crippen LogP contribution in [-0.2, 0) is 0 Å². The summed E-state index contributed by atoms with van der Waals surface area (Å²) < 4.78 is 0. The third kappa shape index (κ3) is 0.555. The van der Waals surface area contributed by atoms with Crippen LogP contribution in [0.15, 0.2) is 0 Å². The maximum absolute atomic E-state index is 3.55. The van der Waals surface area contributed by atoms with Crippen LogP contribution >= 0.6 is 0 Å². The molecule has 15 heavy (non-hydrogen) atoms. The van der Waals surface area contributed by atoms with Crippen molar-refractivity contribution >= 4 is 0 Å². The third-order valence-electron chi connectivity index (χ3n) is 7.39. The van der Waals surface area contributed by atoms with Crippen molar-refractivity contribution in [3.8, 4) is 0 Å². The Hall–Kier alpha value is -0.0400. The Bertz CT molecular complexity index is 310. The molecule has 6 aliphatic carbocycles. The third-order valence-corrected chi connectivity index (χ3v) is 7.39. The van der Waals surface area contributed by atoms with Crippen molar-refractivity contribution in [1.82, 2.24) is 5.32 Å². The van der Waals surface area contributed by atoms with E-state index in [1.54, 1.807) is 25.7 Å². The minimum absolute atomic E-state index is 0.815. The Kier molecular flexibility index (Phi) is 1.17. The van der Waals surface area contributed by atoms with Crippen molar-refractivity contribution in [3.05, 3.63) is 0 Å². The highest BCUT2D eigenvalue weighted by atomic mass is 14.9. The molecule has 1 nitrogen and oxygen atoms in total. The molecule has 0 heterocycles. The first-order valence-corrected chi connectivity index (χ1v) is 7.04. The fraction of sp³-hybridized carbons (Fsp3) is 1.00. The molecule has 6 aliphatic rings. The zero-order valence-electron chi connectivity index (χ0n) is 9.58. The van der Waals surface area contributed by atoms with E-state index in [4.69, 9.17) is 0 Å². The van der Waals surface area contributed by atoms with Gasteiger partial charge < -0.3 is 5.32 Å². The van der Waals surface area contributed by atoms with Gasteiger partial charge in [0.25, 0.3) is 0 Å². The average molecular weight is 203 g/mol. The Balaban J connectivity index is 1.72. The first-order chi connectivity index (χ1) is 7.39. The highest BCUT2D eigenvalue weighted by Crippen LogP contribution is 2.87. The van der Waals surface area contributed by atoms with Gasteiger partial charge in [-0.05, 0) is 79.6 Å². The van der Waals surface area contributed by atoms with E-state index in [0.29, 0.717) is 0 Å². The van der Waals surface area contributed by atoms with Gasteiger partial charge in [-0.3, -0.25) is 0 Å². The smallest absolute Gasteiger partial charge is 0.00132 e. The Morgan fingerprint density at radius 3 is 2.13 bits per heavy atom. The molecule has 6 saturated carbocycles. The van der Waals surface area contributed by atoms with Crippen molar-refractivity contribution < 1.29 is 0 Å². The summed E-state index contributed by atoms with van der Waals surface area (Å²) in [5.74, 6) is 8.29. The molecule has 0 aliphatic heterocycles. The lowest BCUT2D eigenvalue weighted by atomic mass is 9.59. The molecule has 8 bridgehead atoms. The predicted octanol–water partition coefficient (Wildman–Crippen LogP) is 2.13. The topological polar surface area (TPSA) is 12.0 Å². The maximum Gasteiger partial charge on any atom is 0.00132 e. The summed E-state index contributed by atoms with van der Waals surface area (Å²) in [6.45, 7) is 1.35. The predicted molar refractivity (Wildman–Crippen MR) is 59.3 cm³/mol. The molecule has 0 aromatic carbocycles. The summed E-state index contributed by atoms with van der Waals surface area (Å²) in [4.78, 5) is 0. The number of rotatable bonds is 2. The average Bonchev–Trinajstić information content (AvgIpc) is 2.97. The summed E-state index contributed by atoms with van der Waals surface area (Å²) in [6.07, 6.45) is 6.39. The van der Waals surface area contributed by atoms with E-state index in [2.05, 4.69) is 12.4 Å². The van der Waals surface area contributed by atoms with E-state index in [1.165, 1.54) is 36.1 Å². The molecule has 6 fully saturated rings. The van der Waals surface area contributed by atoms with Gasteiger partial charge in [0.05, 0.1) is 0 Å². The summed E-state index contributed by atoms with van der Waals surface area (Å²) in [6, 6.07) is 0. The van der Waals surface area contributed by atoms with Crippen molar-refractivity contribution in [1.29, 1.82) is 0 Å². The number of hydrogen-bond donors (Lipinski definition) is 1. The molecule has 0 aromatic heterocycles. The summed E-state index contributed by atoms with van der Waals surface area (Å²) in [5, 5.41) is 3.55. The maximum atomic E-state index is 3.55. The molecule has 0 aromatic rings. The molecule has 0 amide bonds. The van der Waals surface area contributed by atoms with Gasteiger partial charge in [-0.15, -0.1) is 0 Å². The molecule has 6 rings (SSSR count). The molecule has 0 spiro atoms. The molecule has 8 atom stereocenters. The van der Waals surface area contributed by atoms with Gasteiger partial charge in [0.2, 0.25) is 0 Å². The fourth-order valence-corrected chi connectivity index (χ4v) is 7.88. The molecule has 1 N–H and O–H groups in total. The monoisotopic (exact) mass is 203 g/mol. The second-order valence-electron chi connectivity index (χ2n) is 7.02. The van der Waals surface area contributed by atoms with Crippen LogP contribution in [0, 0.1) is 46.8 Å². The number of nitrogens with one attached hydrogen (secondary N) is 1. The SMILES string of the molecule is CNCC12C3[C@H]4CC[C@@H]1[C@H]4[C@@H]1[C@H]3CC[C@@H]12. The minimum Gasteiger partial charge on any atom is -0.319 e. The van der Waals surface area contributed by atoms with Crippen molar-refractivity contribution in [2.45, 2.75) is 25.7 Å². The zero-order valence-corrected chi connectivity index (χ0v) is 9.58. The van der Waals surface area contributed by atoms with Gasteiger partial charge in [0.15, 0.2) is 0 Å².